The van der Waals surface area contributed by atoms with Crippen LogP contribution in [-0.4, -0.2) is 49.8 Å². The molecule has 0 aromatic heterocycles. The Morgan fingerprint density at radius 1 is 1.27 bits per heavy atom. The summed E-state index contributed by atoms with van der Waals surface area (Å²) in [5.74, 6) is 0. The van der Waals surface area contributed by atoms with E-state index in [0.717, 1.165) is 13.2 Å². The Balaban J connectivity index is 4.15. The van der Waals surface area contributed by atoms with E-state index in [-0.39, 0.29) is 5.54 Å². The molecule has 0 aliphatic rings. The first-order valence-electron chi connectivity index (χ1n) is 5.74. The second-order valence-corrected chi connectivity index (χ2v) is 5.50. The van der Waals surface area contributed by atoms with Crippen molar-refractivity contribution in [1.82, 2.24) is 10.2 Å². The lowest BCUT2D eigenvalue weighted by molar-refractivity contribution is 0.0845. The van der Waals surface area contributed by atoms with Crippen molar-refractivity contribution in [2.75, 3.05) is 27.3 Å². The van der Waals surface area contributed by atoms with Crippen LogP contribution in [0.5, 0.6) is 0 Å². The summed E-state index contributed by atoms with van der Waals surface area (Å²) in [6.45, 7) is 12.7. The van der Waals surface area contributed by atoms with Crippen LogP contribution in [0.4, 0.5) is 0 Å². The highest BCUT2D eigenvalue weighted by Gasteiger charge is 2.19. The number of nitrogens with zero attached hydrogens (tertiary/aromatic N) is 1. The summed E-state index contributed by atoms with van der Waals surface area (Å²) in [6, 6.07) is 0.987. The molecule has 3 heteroatoms. The Hall–Kier alpha value is -0.120. The first kappa shape index (κ1) is 14.9. The molecule has 0 rings (SSSR count). The molecule has 0 saturated carbocycles. The van der Waals surface area contributed by atoms with Crippen LogP contribution in [0.1, 0.15) is 34.6 Å². The third-order valence-corrected chi connectivity index (χ3v) is 2.62. The van der Waals surface area contributed by atoms with Crippen molar-refractivity contribution >= 4 is 0 Å². The van der Waals surface area contributed by atoms with Gasteiger partial charge in [-0.2, -0.15) is 0 Å². The second kappa shape index (κ2) is 6.46. The summed E-state index contributed by atoms with van der Waals surface area (Å²) in [5, 5.41) is 3.52. The van der Waals surface area contributed by atoms with Gasteiger partial charge in [-0.3, -0.25) is 4.90 Å². The van der Waals surface area contributed by atoms with E-state index in [1.54, 1.807) is 7.11 Å². The van der Waals surface area contributed by atoms with Crippen LogP contribution in [0, 0.1) is 0 Å². The largest absolute Gasteiger partial charge is 0.383 e. The van der Waals surface area contributed by atoms with E-state index < -0.39 is 0 Å². The van der Waals surface area contributed by atoms with Crippen molar-refractivity contribution in [1.29, 1.82) is 0 Å². The molecule has 0 heterocycles. The molecule has 0 amide bonds. The molecule has 0 aromatic carbocycles. The molecule has 0 aliphatic heterocycles. The van der Waals surface area contributed by atoms with Crippen LogP contribution in [0.15, 0.2) is 0 Å². The zero-order valence-corrected chi connectivity index (χ0v) is 11.4. The summed E-state index contributed by atoms with van der Waals surface area (Å²) in [7, 11) is 3.91. The first-order chi connectivity index (χ1) is 6.78. The maximum absolute atomic E-state index is 5.26. The quantitative estimate of drug-likeness (QED) is 0.732. The lowest BCUT2D eigenvalue weighted by Crippen LogP contribution is -2.50. The van der Waals surface area contributed by atoms with E-state index in [9.17, 15) is 0 Å². The van der Waals surface area contributed by atoms with Gasteiger partial charge in [0.05, 0.1) is 6.61 Å². The zero-order valence-electron chi connectivity index (χ0n) is 11.4. The van der Waals surface area contributed by atoms with Crippen LogP contribution in [0.3, 0.4) is 0 Å². The van der Waals surface area contributed by atoms with Crippen molar-refractivity contribution in [3.8, 4) is 0 Å². The number of hydrogen-bond donors (Lipinski definition) is 1. The molecule has 0 bridgehead atoms. The first-order valence-corrected chi connectivity index (χ1v) is 5.74. The van der Waals surface area contributed by atoms with Crippen LogP contribution < -0.4 is 5.32 Å². The van der Waals surface area contributed by atoms with Gasteiger partial charge in [0.25, 0.3) is 0 Å². The Bertz CT molecular complexity index is 163. The van der Waals surface area contributed by atoms with Crippen molar-refractivity contribution in [3.05, 3.63) is 0 Å². The topological polar surface area (TPSA) is 24.5 Å². The third kappa shape index (κ3) is 6.88. The molecular weight excluding hydrogens is 188 g/mol. The molecule has 0 aromatic rings. The Labute approximate surface area is 95.2 Å². The average Bonchev–Trinajstić information content (AvgIpc) is 2.09. The Morgan fingerprint density at radius 2 is 1.80 bits per heavy atom. The molecule has 15 heavy (non-hydrogen) atoms. The van der Waals surface area contributed by atoms with Gasteiger partial charge in [-0.15, -0.1) is 0 Å². The van der Waals surface area contributed by atoms with E-state index in [2.05, 4.69) is 51.9 Å². The number of likely N-dealkylation sites (N-methyl/N-ethyl adjacent to an activating group) is 1. The second-order valence-electron chi connectivity index (χ2n) is 5.50. The summed E-state index contributed by atoms with van der Waals surface area (Å²) in [4.78, 5) is 2.35. The van der Waals surface area contributed by atoms with E-state index in [1.165, 1.54) is 0 Å². The van der Waals surface area contributed by atoms with E-state index in [0.29, 0.717) is 12.1 Å². The van der Waals surface area contributed by atoms with Gasteiger partial charge in [0.2, 0.25) is 0 Å². The fourth-order valence-electron chi connectivity index (χ4n) is 1.36. The molecule has 1 unspecified atom stereocenters. The Kier molecular flexibility index (Phi) is 6.41. The highest BCUT2D eigenvalue weighted by atomic mass is 16.5. The van der Waals surface area contributed by atoms with Gasteiger partial charge >= 0.3 is 0 Å². The molecule has 92 valence electrons. The lowest BCUT2D eigenvalue weighted by Gasteiger charge is -2.33. The zero-order chi connectivity index (χ0) is 12.1. The van der Waals surface area contributed by atoms with E-state index >= 15 is 0 Å². The van der Waals surface area contributed by atoms with Crippen molar-refractivity contribution < 1.29 is 4.74 Å². The van der Waals surface area contributed by atoms with Crippen LogP contribution in [0.25, 0.3) is 0 Å². The van der Waals surface area contributed by atoms with Gasteiger partial charge in [-0.1, -0.05) is 0 Å². The predicted octanol–water partition coefficient (Wildman–Crippen LogP) is 1.73. The fourth-order valence-corrected chi connectivity index (χ4v) is 1.36. The van der Waals surface area contributed by atoms with E-state index in [1.807, 2.05) is 0 Å². The van der Waals surface area contributed by atoms with Crippen LogP contribution >= 0.6 is 0 Å². The van der Waals surface area contributed by atoms with Gasteiger partial charge < -0.3 is 10.1 Å². The minimum atomic E-state index is 0.170. The smallest absolute Gasteiger partial charge is 0.0630 e. The van der Waals surface area contributed by atoms with Gasteiger partial charge in [-0.25, -0.2) is 0 Å². The van der Waals surface area contributed by atoms with Gasteiger partial charge in [-0.05, 0) is 41.7 Å². The summed E-state index contributed by atoms with van der Waals surface area (Å²) < 4.78 is 5.26. The normalized spacial score (nSPS) is 15.0. The summed E-state index contributed by atoms with van der Waals surface area (Å²) >= 11 is 0. The summed E-state index contributed by atoms with van der Waals surface area (Å²) in [5.41, 5.74) is 0.170. The highest BCUT2D eigenvalue weighted by molar-refractivity contribution is 4.78. The monoisotopic (exact) mass is 216 g/mol. The predicted molar refractivity (Wildman–Crippen MR) is 66.3 cm³/mol. The Morgan fingerprint density at radius 3 is 2.13 bits per heavy atom. The molecule has 0 saturated heterocycles. The standard InChI is InChI=1S/C12H28N2O/c1-10(2)14(6)11(9-15-7)8-13-12(3,4)5/h10-11,13H,8-9H2,1-7H3. The summed E-state index contributed by atoms with van der Waals surface area (Å²) in [6.07, 6.45) is 0. The third-order valence-electron chi connectivity index (χ3n) is 2.62. The molecule has 0 spiro atoms. The SMILES string of the molecule is COCC(CNC(C)(C)C)N(C)C(C)C. The molecule has 0 aliphatic carbocycles. The maximum Gasteiger partial charge on any atom is 0.0630 e. The van der Waals surface area contributed by atoms with Crippen molar-refractivity contribution in [2.24, 2.45) is 0 Å². The fraction of sp³-hybridized carbons (Fsp3) is 1.00. The molecule has 0 fully saturated rings. The van der Waals surface area contributed by atoms with Crippen LogP contribution in [-0.2, 0) is 4.74 Å². The maximum atomic E-state index is 5.26. The minimum Gasteiger partial charge on any atom is -0.383 e. The van der Waals surface area contributed by atoms with E-state index in [4.69, 9.17) is 4.74 Å². The number of methoxy groups -OCH3 is 1. The molecule has 1 atom stereocenters. The number of ether oxygens (including phenoxy) is 1. The molecule has 1 N–H and O–H groups in total. The number of rotatable bonds is 6. The molecule has 0 radical (unpaired) electrons. The lowest BCUT2D eigenvalue weighted by atomic mass is 10.1. The molecule has 3 nitrogen and oxygen atoms in total. The molecular formula is C12H28N2O. The highest BCUT2D eigenvalue weighted by Crippen LogP contribution is 2.05. The number of hydrogen-bond acceptors (Lipinski definition) is 3. The van der Waals surface area contributed by atoms with Gasteiger partial charge in [0.15, 0.2) is 0 Å². The minimum absolute atomic E-state index is 0.170. The van der Waals surface area contributed by atoms with Gasteiger partial charge in [0, 0.05) is 31.3 Å². The van der Waals surface area contributed by atoms with Crippen LogP contribution in [0.2, 0.25) is 0 Å². The van der Waals surface area contributed by atoms with Gasteiger partial charge in [0.1, 0.15) is 0 Å². The number of nitrogens with one attached hydrogen (secondary N) is 1. The van der Waals surface area contributed by atoms with Crippen molar-refractivity contribution in [2.45, 2.75) is 52.2 Å². The average molecular weight is 216 g/mol. The van der Waals surface area contributed by atoms with Crippen molar-refractivity contribution in [3.63, 3.8) is 0 Å².